The number of carbonyl (C=O) groups excluding carboxylic acids is 1. The molecule has 3 aromatic rings. The van der Waals surface area contributed by atoms with E-state index in [1.165, 1.54) is 6.33 Å². The maximum Gasteiger partial charge on any atom is 0.254 e. The van der Waals surface area contributed by atoms with Gasteiger partial charge in [0.25, 0.3) is 5.88 Å². The molecule has 1 aliphatic rings. The van der Waals surface area contributed by atoms with E-state index in [1.54, 1.807) is 11.2 Å². The number of ether oxygens (including phenoxy) is 1. The van der Waals surface area contributed by atoms with Crippen LogP contribution in [0.15, 0.2) is 36.9 Å². The number of benzene rings is 1. The second-order valence-corrected chi connectivity index (χ2v) is 6.52. The molecule has 4 rings (SSSR count). The lowest BCUT2D eigenvalue weighted by Gasteiger charge is -2.17. The third-order valence-corrected chi connectivity index (χ3v) is 4.77. The Morgan fingerprint density at radius 1 is 1.30 bits per heavy atom. The summed E-state index contributed by atoms with van der Waals surface area (Å²) < 4.78 is 21.8. The van der Waals surface area contributed by atoms with Crippen molar-refractivity contribution in [3.8, 4) is 5.88 Å². The summed E-state index contributed by atoms with van der Waals surface area (Å²) in [6.45, 7) is 3.03. The first-order chi connectivity index (χ1) is 13.2. The molecule has 1 atom stereocenters. The van der Waals surface area contributed by atoms with Gasteiger partial charge in [-0.2, -0.15) is 9.37 Å². The Hall–Kier alpha value is -3.03. The Bertz CT molecular complexity index is 974. The molecule has 0 unspecified atom stereocenters. The van der Waals surface area contributed by atoms with Gasteiger partial charge in [0, 0.05) is 13.0 Å². The Labute approximate surface area is 155 Å². The van der Waals surface area contributed by atoms with Gasteiger partial charge in [0.1, 0.15) is 19.0 Å². The van der Waals surface area contributed by atoms with Crippen LogP contribution >= 0.6 is 0 Å². The first-order valence-electron chi connectivity index (χ1n) is 8.99. The molecule has 140 valence electrons. The smallest absolute Gasteiger partial charge is 0.254 e. The molecule has 0 N–H and O–H groups in total. The fraction of sp³-hybridized carbons (Fsp3) is 0.368. The molecular weight excluding hydrogens is 349 g/mol. The molecule has 2 aromatic heterocycles. The molecule has 0 saturated carbocycles. The van der Waals surface area contributed by atoms with E-state index in [2.05, 4.69) is 15.0 Å². The molecule has 1 fully saturated rings. The van der Waals surface area contributed by atoms with Gasteiger partial charge in [0.2, 0.25) is 11.7 Å². The molecule has 1 saturated heterocycles. The second-order valence-electron chi connectivity index (χ2n) is 6.52. The zero-order valence-corrected chi connectivity index (χ0v) is 15.0. The van der Waals surface area contributed by atoms with Gasteiger partial charge in [-0.1, -0.05) is 19.1 Å². The van der Waals surface area contributed by atoms with E-state index in [1.807, 2.05) is 35.8 Å². The van der Waals surface area contributed by atoms with Crippen molar-refractivity contribution >= 4 is 16.9 Å². The Morgan fingerprint density at radius 3 is 3.00 bits per heavy atom. The number of hydrogen-bond donors (Lipinski definition) is 0. The quantitative estimate of drug-likeness (QED) is 0.689. The number of rotatable bonds is 5. The molecular formula is C19H20FN5O2. The van der Waals surface area contributed by atoms with Crippen molar-refractivity contribution in [2.75, 3.05) is 13.1 Å². The number of aromatic nitrogens is 4. The molecule has 0 bridgehead atoms. The highest BCUT2D eigenvalue weighted by molar-refractivity contribution is 5.80. The van der Waals surface area contributed by atoms with Crippen LogP contribution in [0, 0.1) is 5.82 Å². The van der Waals surface area contributed by atoms with E-state index in [4.69, 9.17) is 4.74 Å². The lowest BCUT2D eigenvalue weighted by molar-refractivity contribution is -0.131. The van der Waals surface area contributed by atoms with Crippen LogP contribution < -0.4 is 4.74 Å². The molecule has 8 heteroatoms. The van der Waals surface area contributed by atoms with Gasteiger partial charge in [0.05, 0.1) is 29.6 Å². The molecule has 1 aliphatic heterocycles. The maximum atomic E-state index is 14.2. The molecule has 1 aromatic carbocycles. The molecule has 0 spiro atoms. The molecule has 7 nitrogen and oxygen atoms in total. The van der Waals surface area contributed by atoms with Crippen molar-refractivity contribution in [3.63, 3.8) is 0 Å². The van der Waals surface area contributed by atoms with Crippen LogP contribution in [-0.2, 0) is 17.8 Å². The fourth-order valence-electron chi connectivity index (χ4n) is 3.31. The van der Waals surface area contributed by atoms with Crippen molar-refractivity contribution in [1.29, 1.82) is 0 Å². The molecule has 27 heavy (non-hydrogen) atoms. The molecule has 0 aliphatic carbocycles. The van der Waals surface area contributed by atoms with Gasteiger partial charge in [-0.15, -0.1) is 0 Å². The topological polar surface area (TPSA) is 73.1 Å². The molecule has 0 radical (unpaired) electrons. The van der Waals surface area contributed by atoms with E-state index in [0.29, 0.717) is 31.6 Å². The highest BCUT2D eigenvalue weighted by Gasteiger charge is 2.29. The Balaban J connectivity index is 1.40. The summed E-state index contributed by atoms with van der Waals surface area (Å²) in [4.78, 5) is 26.5. The highest BCUT2D eigenvalue weighted by atomic mass is 19.1. The lowest BCUT2D eigenvalue weighted by Crippen LogP contribution is -2.33. The van der Waals surface area contributed by atoms with Crippen LogP contribution in [0.4, 0.5) is 4.39 Å². The number of amides is 1. The fourth-order valence-corrected chi connectivity index (χ4v) is 3.31. The van der Waals surface area contributed by atoms with Crippen molar-refractivity contribution in [2.24, 2.45) is 0 Å². The van der Waals surface area contributed by atoms with Crippen LogP contribution in [-0.4, -0.2) is 49.5 Å². The van der Waals surface area contributed by atoms with E-state index < -0.39 is 5.82 Å². The van der Waals surface area contributed by atoms with Crippen LogP contribution in [0.25, 0.3) is 11.0 Å². The van der Waals surface area contributed by atoms with E-state index in [9.17, 15) is 9.18 Å². The number of aryl methyl sites for hydroxylation is 1. The number of hydrogen-bond acceptors (Lipinski definition) is 5. The average molecular weight is 369 g/mol. The van der Waals surface area contributed by atoms with Gasteiger partial charge >= 0.3 is 0 Å². The summed E-state index contributed by atoms with van der Waals surface area (Å²) in [5, 5.41) is 0. The minimum Gasteiger partial charge on any atom is -0.470 e. The van der Waals surface area contributed by atoms with Crippen LogP contribution in [0.1, 0.15) is 19.0 Å². The molecule has 3 heterocycles. The van der Waals surface area contributed by atoms with E-state index in [0.717, 1.165) is 11.0 Å². The van der Waals surface area contributed by atoms with E-state index in [-0.39, 0.29) is 24.4 Å². The number of halogens is 1. The lowest BCUT2D eigenvalue weighted by atomic mass is 10.3. The monoisotopic (exact) mass is 369 g/mol. The third kappa shape index (κ3) is 3.47. The third-order valence-electron chi connectivity index (χ3n) is 4.77. The largest absolute Gasteiger partial charge is 0.470 e. The summed E-state index contributed by atoms with van der Waals surface area (Å²) in [5.74, 6) is -0.571. The number of likely N-dealkylation sites (tertiary alicyclic amines) is 1. The summed E-state index contributed by atoms with van der Waals surface area (Å²) in [6, 6.07) is 7.69. The van der Waals surface area contributed by atoms with Crippen molar-refractivity contribution < 1.29 is 13.9 Å². The Morgan fingerprint density at radius 2 is 2.15 bits per heavy atom. The van der Waals surface area contributed by atoms with Gasteiger partial charge in [-0.05, 0) is 18.6 Å². The Kier molecular flexibility index (Phi) is 4.70. The summed E-state index contributed by atoms with van der Waals surface area (Å²) in [7, 11) is 0. The summed E-state index contributed by atoms with van der Waals surface area (Å²) >= 11 is 0. The van der Waals surface area contributed by atoms with Gasteiger partial charge in [-0.25, -0.2) is 9.97 Å². The maximum absolute atomic E-state index is 14.2. The van der Waals surface area contributed by atoms with Crippen LogP contribution in [0.3, 0.4) is 0 Å². The zero-order valence-electron chi connectivity index (χ0n) is 15.0. The minimum atomic E-state index is -0.519. The van der Waals surface area contributed by atoms with E-state index >= 15 is 0 Å². The molecule has 1 amide bonds. The van der Waals surface area contributed by atoms with Gasteiger partial charge in [0.15, 0.2) is 0 Å². The first-order valence-corrected chi connectivity index (χ1v) is 8.99. The minimum absolute atomic E-state index is 0.0124. The van der Waals surface area contributed by atoms with Gasteiger partial charge in [-0.3, -0.25) is 4.79 Å². The highest BCUT2D eigenvalue weighted by Crippen LogP contribution is 2.21. The number of nitrogens with zero attached hydrogens (tertiary/aromatic N) is 5. The SMILES string of the molecule is CCc1ncnc(O[C@@H]2CCN(C(=O)Cn3cnc4ccccc43)C2)c1F. The van der Waals surface area contributed by atoms with Crippen molar-refractivity contribution in [3.05, 3.63) is 48.4 Å². The zero-order chi connectivity index (χ0) is 18.8. The second kappa shape index (κ2) is 7.30. The summed E-state index contributed by atoms with van der Waals surface area (Å²) in [5.41, 5.74) is 2.12. The number of fused-ring (bicyclic) bond motifs is 1. The van der Waals surface area contributed by atoms with Crippen molar-refractivity contribution in [1.82, 2.24) is 24.4 Å². The number of carbonyl (C=O) groups is 1. The predicted octanol–water partition coefficient (Wildman–Crippen LogP) is 2.21. The van der Waals surface area contributed by atoms with Crippen LogP contribution in [0.2, 0.25) is 0 Å². The predicted molar refractivity (Wildman–Crippen MR) is 96.7 cm³/mol. The normalized spacial score (nSPS) is 16.8. The first kappa shape index (κ1) is 17.4. The number of para-hydroxylation sites is 2. The van der Waals surface area contributed by atoms with Gasteiger partial charge < -0.3 is 14.2 Å². The van der Waals surface area contributed by atoms with Crippen molar-refractivity contribution in [2.45, 2.75) is 32.4 Å². The number of imidazole rings is 1. The average Bonchev–Trinajstić information content (AvgIpc) is 3.31. The standard InChI is InChI=1S/C19H20FN5O2/c1-2-14-18(20)19(22-11-21-14)27-13-7-8-24(9-13)17(26)10-25-12-23-15-5-3-4-6-16(15)25/h3-6,11-13H,2,7-10H2,1H3/t13-/m1/s1. The summed E-state index contributed by atoms with van der Waals surface area (Å²) in [6.07, 6.45) is 3.82. The van der Waals surface area contributed by atoms with Crippen LogP contribution in [0.5, 0.6) is 5.88 Å².